The van der Waals surface area contributed by atoms with Crippen LogP contribution in [-0.4, -0.2) is 19.2 Å². The van der Waals surface area contributed by atoms with Crippen molar-refractivity contribution in [3.63, 3.8) is 0 Å². The Kier molecular flexibility index (Phi) is 5.71. The topological polar surface area (TPSA) is 45.0 Å². The fourth-order valence-electron chi connectivity index (χ4n) is 1.82. The molecular formula is C14H18F2N2O. The molecule has 0 saturated heterocycles. The maximum atomic E-state index is 13.3. The van der Waals surface area contributed by atoms with Crippen molar-refractivity contribution in [3.05, 3.63) is 29.8 Å². The van der Waals surface area contributed by atoms with Gasteiger partial charge < -0.3 is 10.1 Å². The SMILES string of the molecule is CCC(C#N)(CCCOc1cccc(F)c1F)NC. The van der Waals surface area contributed by atoms with Crippen LogP contribution in [-0.2, 0) is 0 Å². The molecule has 0 amide bonds. The molecule has 0 heterocycles. The predicted octanol–water partition coefficient (Wildman–Crippen LogP) is 3.02. The Morgan fingerprint density at radius 1 is 1.42 bits per heavy atom. The Morgan fingerprint density at radius 2 is 2.16 bits per heavy atom. The van der Waals surface area contributed by atoms with Crippen molar-refractivity contribution in [2.45, 2.75) is 31.7 Å². The summed E-state index contributed by atoms with van der Waals surface area (Å²) in [5.41, 5.74) is -0.580. The number of rotatable bonds is 7. The molecule has 1 aromatic rings. The molecule has 1 aromatic carbocycles. The summed E-state index contributed by atoms with van der Waals surface area (Å²) in [6, 6.07) is 6.05. The minimum absolute atomic E-state index is 0.0940. The Morgan fingerprint density at radius 3 is 2.74 bits per heavy atom. The fourth-order valence-corrected chi connectivity index (χ4v) is 1.82. The number of hydrogen-bond donors (Lipinski definition) is 1. The zero-order valence-corrected chi connectivity index (χ0v) is 11.2. The quantitative estimate of drug-likeness (QED) is 0.773. The van der Waals surface area contributed by atoms with Crippen LogP contribution < -0.4 is 10.1 Å². The zero-order valence-electron chi connectivity index (χ0n) is 11.2. The van der Waals surface area contributed by atoms with Gasteiger partial charge in [-0.2, -0.15) is 9.65 Å². The molecule has 104 valence electrons. The highest BCUT2D eigenvalue weighted by Crippen LogP contribution is 2.20. The number of halogens is 2. The highest BCUT2D eigenvalue weighted by Gasteiger charge is 2.24. The molecule has 1 rings (SSSR count). The van der Waals surface area contributed by atoms with Gasteiger partial charge in [-0.15, -0.1) is 0 Å². The van der Waals surface area contributed by atoms with E-state index in [0.717, 1.165) is 6.07 Å². The molecule has 1 N–H and O–H groups in total. The second-order valence-corrected chi connectivity index (χ2v) is 4.30. The largest absolute Gasteiger partial charge is 0.490 e. The molecule has 19 heavy (non-hydrogen) atoms. The van der Waals surface area contributed by atoms with Crippen LogP contribution in [0.2, 0.25) is 0 Å². The van der Waals surface area contributed by atoms with Crippen molar-refractivity contribution in [2.75, 3.05) is 13.7 Å². The molecule has 0 saturated carbocycles. The molecular weight excluding hydrogens is 250 g/mol. The molecule has 0 spiro atoms. The summed E-state index contributed by atoms with van der Waals surface area (Å²) in [6.07, 6.45) is 1.85. The highest BCUT2D eigenvalue weighted by atomic mass is 19.2. The summed E-state index contributed by atoms with van der Waals surface area (Å²) in [5, 5.41) is 12.1. The molecule has 1 atom stereocenters. The van der Waals surface area contributed by atoms with Crippen LogP contribution in [0.1, 0.15) is 26.2 Å². The van der Waals surface area contributed by atoms with Gasteiger partial charge in [0.1, 0.15) is 5.54 Å². The lowest BCUT2D eigenvalue weighted by Gasteiger charge is -2.24. The van der Waals surface area contributed by atoms with Gasteiger partial charge in [0.05, 0.1) is 12.7 Å². The van der Waals surface area contributed by atoms with E-state index in [4.69, 9.17) is 10.00 Å². The number of hydrogen-bond acceptors (Lipinski definition) is 3. The third-order valence-electron chi connectivity index (χ3n) is 3.22. The minimum atomic E-state index is -0.974. The van der Waals surface area contributed by atoms with E-state index >= 15 is 0 Å². The highest BCUT2D eigenvalue weighted by molar-refractivity contribution is 5.24. The van der Waals surface area contributed by atoms with Crippen molar-refractivity contribution < 1.29 is 13.5 Å². The van der Waals surface area contributed by atoms with E-state index in [1.165, 1.54) is 12.1 Å². The smallest absolute Gasteiger partial charge is 0.200 e. The van der Waals surface area contributed by atoms with Crippen LogP contribution in [0.3, 0.4) is 0 Å². The predicted molar refractivity (Wildman–Crippen MR) is 68.8 cm³/mol. The first-order valence-corrected chi connectivity index (χ1v) is 6.25. The van der Waals surface area contributed by atoms with Gasteiger partial charge in [-0.3, -0.25) is 0 Å². The van der Waals surface area contributed by atoms with Crippen LogP contribution in [0.25, 0.3) is 0 Å². The van der Waals surface area contributed by atoms with Crippen molar-refractivity contribution in [3.8, 4) is 11.8 Å². The average Bonchev–Trinajstić information content (AvgIpc) is 2.44. The lowest BCUT2D eigenvalue weighted by atomic mass is 9.92. The summed E-state index contributed by atoms with van der Waals surface area (Å²) >= 11 is 0. The molecule has 0 aliphatic rings. The van der Waals surface area contributed by atoms with Crippen molar-refractivity contribution in [1.82, 2.24) is 5.32 Å². The van der Waals surface area contributed by atoms with Gasteiger partial charge in [-0.05, 0) is 38.4 Å². The lowest BCUT2D eigenvalue weighted by Crippen LogP contribution is -2.41. The summed E-state index contributed by atoms with van der Waals surface area (Å²) in [7, 11) is 1.74. The Bertz CT molecular complexity index is 453. The maximum Gasteiger partial charge on any atom is 0.200 e. The lowest BCUT2D eigenvalue weighted by molar-refractivity contribution is 0.267. The molecule has 0 bridgehead atoms. The van der Waals surface area contributed by atoms with E-state index in [2.05, 4.69) is 11.4 Å². The first kappa shape index (κ1) is 15.4. The van der Waals surface area contributed by atoms with Crippen molar-refractivity contribution >= 4 is 0 Å². The van der Waals surface area contributed by atoms with Gasteiger partial charge in [-0.1, -0.05) is 13.0 Å². The van der Waals surface area contributed by atoms with Gasteiger partial charge in [0.25, 0.3) is 0 Å². The van der Waals surface area contributed by atoms with E-state index in [1.54, 1.807) is 7.05 Å². The Balaban J connectivity index is 2.47. The van der Waals surface area contributed by atoms with E-state index in [0.29, 0.717) is 19.3 Å². The zero-order chi connectivity index (χ0) is 14.3. The van der Waals surface area contributed by atoms with Crippen LogP contribution >= 0.6 is 0 Å². The number of benzene rings is 1. The summed E-state index contributed by atoms with van der Waals surface area (Å²) in [5.74, 6) is -1.99. The summed E-state index contributed by atoms with van der Waals surface area (Å²) in [4.78, 5) is 0. The van der Waals surface area contributed by atoms with E-state index in [9.17, 15) is 8.78 Å². The number of ether oxygens (including phenoxy) is 1. The van der Waals surface area contributed by atoms with E-state index in [-0.39, 0.29) is 12.4 Å². The monoisotopic (exact) mass is 268 g/mol. The second kappa shape index (κ2) is 7.05. The molecule has 0 fully saturated rings. The fraction of sp³-hybridized carbons (Fsp3) is 0.500. The van der Waals surface area contributed by atoms with Gasteiger partial charge in [-0.25, -0.2) is 4.39 Å². The standard InChI is InChI=1S/C14H18F2N2O/c1-3-14(10-17,18-2)8-5-9-19-12-7-4-6-11(15)13(12)16/h4,6-7,18H,3,5,8-9H2,1-2H3. The summed E-state index contributed by atoms with van der Waals surface area (Å²) in [6.45, 7) is 2.16. The molecule has 0 aromatic heterocycles. The van der Waals surface area contributed by atoms with Crippen molar-refractivity contribution in [2.24, 2.45) is 0 Å². The Hall–Kier alpha value is -1.67. The normalized spacial score (nSPS) is 13.6. The maximum absolute atomic E-state index is 13.3. The van der Waals surface area contributed by atoms with Crippen LogP contribution in [0.15, 0.2) is 18.2 Å². The number of nitrogens with one attached hydrogen (secondary N) is 1. The van der Waals surface area contributed by atoms with E-state index in [1.807, 2.05) is 6.92 Å². The Labute approximate surface area is 112 Å². The molecule has 0 aliphatic carbocycles. The van der Waals surface area contributed by atoms with Gasteiger partial charge in [0.15, 0.2) is 11.6 Å². The van der Waals surface area contributed by atoms with E-state index < -0.39 is 17.2 Å². The van der Waals surface area contributed by atoms with Gasteiger partial charge in [0, 0.05) is 0 Å². The van der Waals surface area contributed by atoms with Crippen LogP contribution in [0.5, 0.6) is 5.75 Å². The molecule has 0 radical (unpaired) electrons. The molecule has 1 unspecified atom stereocenters. The average molecular weight is 268 g/mol. The molecule has 5 heteroatoms. The van der Waals surface area contributed by atoms with Crippen molar-refractivity contribution in [1.29, 1.82) is 5.26 Å². The minimum Gasteiger partial charge on any atom is -0.490 e. The number of nitriles is 1. The second-order valence-electron chi connectivity index (χ2n) is 4.30. The van der Waals surface area contributed by atoms with Crippen LogP contribution in [0, 0.1) is 23.0 Å². The number of nitrogens with zero attached hydrogens (tertiary/aromatic N) is 1. The summed E-state index contributed by atoms with van der Waals surface area (Å²) < 4.78 is 31.4. The first-order chi connectivity index (χ1) is 9.08. The third-order valence-corrected chi connectivity index (χ3v) is 3.22. The van der Waals surface area contributed by atoms with Gasteiger partial charge in [0.2, 0.25) is 5.82 Å². The van der Waals surface area contributed by atoms with Crippen LogP contribution in [0.4, 0.5) is 8.78 Å². The molecule has 3 nitrogen and oxygen atoms in total. The first-order valence-electron chi connectivity index (χ1n) is 6.25. The molecule has 0 aliphatic heterocycles. The third kappa shape index (κ3) is 3.90. The van der Waals surface area contributed by atoms with Gasteiger partial charge >= 0.3 is 0 Å².